The van der Waals surface area contributed by atoms with Crippen molar-refractivity contribution in [2.75, 3.05) is 0 Å². The third-order valence-corrected chi connectivity index (χ3v) is 3.43. The lowest BCUT2D eigenvalue weighted by Gasteiger charge is -2.01. The normalized spacial score (nSPS) is 10.4. The summed E-state index contributed by atoms with van der Waals surface area (Å²) < 4.78 is 0.150. The molecule has 17 heavy (non-hydrogen) atoms. The van der Waals surface area contributed by atoms with Gasteiger partial charge in [-0.1, -0.05) is 57.4 Å². The highest BCUT2D eigenvalue weighted by Gasteiger charge is 1.96. The first-order valence-electron chi connectivity index (χ1n) is 7.06. The predicted molar refractivity (Wildman–Crippen MR) is 79.5 cm³/mol. The van der Waals surface area contributed by atoms with Gasteiger partial charge in [0.25, 0.3) is 0 Å². The van der Waals surface area contributed by atoms with Crippen molar-refractivity contribution in [1.29, 1.82) is 0 Å². The van der Waals surface area contributed by atoms with E-state index in [9.17, 15) is 4.79 Å². The number of unbranched alkanes of at least 4 members (excludes halogenated alkanes) is 10. The van der Waals surface area contributed by atoms with Crippen molar-refractivity contribution in [3.63, 3.8) is 0 Å². The summed E-state index contributed by atoms with van der Waals surface area (Å²) in [5, 5.41) is 0. The lowest BCUT2D eigenvalue weighted by molar-refractivity contribution is -0.110. The molecule has 0 atom stereocenters. The second-order valence-electron chi connectivity index (χ2n) is 4.72. The second kappa shape index (κ2) is 14.0. The molecule has 0 saturated carbocycles. The number of rotatable bonds is 13. The summed E-state index contributed by atoms with van der Waals surface area (Å²) in [4.78, 5) is 10.6. The van der Waals surface area contributed by atoms with Crippen LogP contribution in [-0.4, -0.2) is 4.69 Å². The van der Waals surface area contributed by atoms with E-state index in [4.69, 9.17) is 0 Å². The standard InChI is InChI=1S/C15H27BrO/c1-2-3-4-5-6-7-8-9-10-11-12-13-14-15(16)17/h2H,1,3-14H2. The van der Waals surface area contributed by atoms with Gasteiger partial charge in [-0.3, -0.25) is 4.79 Å². The molecule has 0 rings (SSSR count). The Bertz CT molecular complexity index is 189. The number of carbonyl (C=O) groups excluding carboxylic acids is 1. The minimum Gasteiger partial charge on any atom is -0.287 e. The zero-order valence-corrected chi connectivity index (χ0v) is 12.6. The zero-order chi connectivity index (χ0) is 12.8. The summed E-state index contributed by atoms with van der Waals surface area (Å²) in [7, 11) is 0. The predicted octanol–water partition coefficient (Wildman–Crippen LogP) is 5.78. The molecular weight excluding hydrogens is 276 g/mol. The van der Waals surface area contributed by atoms with Crippen LogP contribution in [0, 0.1) is 0 Å². The molecule has 100 valence electrons. The molecule has 2 heteroatoms. The van der Waals surface area contributed by atoms with Crippen LogP contribution in [0.4, 0.5) is 0 Å². The number of carbonyl (C=O) groups is 1. The van der Waals surface area contributed by atoms with Crippen LogP contribution in [0.1, 0.15) is 77.0 Å². The van der Waals surface area contributed by atoms with Crippen LogP contribution in [0.2, 0.25) is 0 Å². The Balaban J connectivity index is 2.94. The lowest BCUT2D eigenvalue weighted by Crippen LogP contribution is -1.86. The summed E-state index contributed by atoms with van der Waals surface area (Å²) in [6, 6.07) is 0. The van der Waals surface area contributed by atoms with Gasteiger partial charge in [-0.2, -0.15) is 0 Å². The van der Waals surface area contributed by atoms with Crippen molar-refractivity contribution in [2.24, 2.45) is 0 Å². The van der Waals surface area contributed by atoms with Crippen LogP contribution >= 0.6 is 15.9 Å². The molecule has 0 heterocycles. The largest absolute Gasteiger partial charge is 0.287 e. The van der Waals surface area contributed by atoms with Gasteiger partial charge < -0.3 is 0 Å². The lowest BCUT2D eigenvalue weighted by atomic mass is 10.1. The highest BCUT2D eigenvalue weighted by Crippen LogP contribution is 2.12. The SMILES string of the molecule is C=CCCCCCCCCCCCCC(=O)Br. The van der Waals surface area contributed by atoms with E-state index < -0.39 is 0 Å². The van der Waals surface area contributed by atoms with Gasteiger partial charge in [-0.05, 0) is 35.2 Å². The van der Waals surface area contributed by atoms with E-state index >= 15 is 0 Å². The van der Waals surface area contributed by atoms with Gasteiger partial charge >= 0.3 is 0 Å². The van der Waals surface area contributed by atoms with E-state index in [-0.39, 0.29) is 4.69 Å². The minimum atomic E-state index is 0.150. The molecule has 0 unspecified atom stereocenters. The molecule has 0 aliphatic rings. The Hall–Kier alpha value is -0.110. The molecule has 0 aliphatic heterocycles. The molecule has 0 bridgehead atoms. The molecule has 0 aromatic carbocycles. The van der Waals surface area contributed by atoms with Crippen LogP contribution in [0.5, 0.6) is 0 Å². The van der Waals surface area contributed by atoms with Crippen molar-refractivity contribution >= 4 is 20.6 Å². The van der Waals surface area contributed by atoms with Crippen molar-refractivity contribution < 1.29 is 4.79 Å². The molecule has 0 saturated heterocycles. The quantitative estimate of drug-likeness (QED) is 0.239. The van der Waals surface area contributed by atoms with Crippen molar-refractivity contribution in [3.8, 4) is 0 Å². The molecule has 0 aromatic rings. The Morgan fingerprint density at radius 1 is 0.824 bits per heavy atom. The fourth-order valence-electron chi connectivity index (χ4n) is 1.97. The Morgan fingerprint density at radius 2 is 1.24 bits per heavy atom. The number of allylic oxidation sites excluding steroid dienone is 1. The first kappa shape index (κ1) is 16.9. The molecule has 0 radical (unpaired) electrons. The van der Waals surface area contributed by atoms with Gasteiger partial charge in [0.15, 0.2) is 4.69 Å². The first-order valence-corrected chi connectivity index (χ1v) is 7.86. The van der Waals surface area contributed by atoms with Gasteiger partial charge in [0.2, 0.25) is 0 Å². The van der Waals surface area contributed by atoms with Gasteiger partial charge in [0.1, 0.15) is 0 Å². The van der Waals surface area contributed by atoms with Crippen LogP contribution in [0.15, 0.2) is 12.7 Å². The maximum Gasteiger partial charge on any atom is 0.197 e. The van der Waals surface area contributed by atoms with Crippen molar-refractivity contribution in [2.45, 2.75) is 77.0 Å². The van der Waals surface area contributed by atoms with Crippen molar-refractivity contribution in [3.05, 3.63) is 12.7 Å². The van der Waals surface area contributed by atoms with E-state index in [1.54, 1.807) is 0 Å². The average Bonchev–Trinajstić information content (AvgIpc) is 2.30. The van der Waals surface area contributed by atoms with E-state index in [1.165, 1.54) is 64.2 Å². The fraction of sp³-hybridized carbons (Fsp3) is 0.800. The molecule has 0 aromatic heterocycles. The second-order valence-corrected chi connectivity index (χ2v) is 5.60. The van der Waals surface area contributed by atoms with Crippen molar-refractivity contribution in [1.82, 2.24) is 0 Å². The van der Waals surface area contributed by atoms with Gasteiger partial charge in [0.05, 0.1) is 0 Å². The maximum atomic E-state index is 10.6. The number of hydrogen-bond acceptors (Lipinski definition) is 1. The molecule has 1 nitrogen and oxygen atoms in total. The third-order valence-electron chi connectivity index (χ3n) is 3.03. The Labute approximate surface area is 115 Å². The summed E-state index contributed by atoms with van der Waals surface area (Å²) in [5.41, 5.74) is 0. The van der Waals surface area contributed by atoms with Gasteiger partial charge in [-0.25, -0.2) is 0 Å². The summed E-state index contributed by atoms with van der Waals surface area (Å²) in [6.45, 7) is 3.73. The number of halogens is 1. The monoisotopic (exact) mass is 302 g/mol. The van der Waals surface area contributed by atoms with E-state index in [2.05, 4.69) is 22.5 Å². The summed E-state index contributed by atoms with van der Waals surface area (Å²) in [5.74, 6) is 0. The summed E-state index contributed by atoms with van der Waals surface area (Å²) in [6.07, 6.45) is 16.9. The van der Waals surface area contributed by atoms with Crippen LogP contribution in [0.25, 0.3) is 0 Å². The Kier molecular flexibility index (Phi) is 13.9. The zero-order valence-electron chi connectivity index (χ0n) is 11.1. The Morgan fingerprint density at radius 3 is 1.65 bits per heavy atom. The molecule has 0 spiro atoms. The van der Waals surface area contributed by atoms with Crippen LogP contribution in [0.3, 0.4) is 0 Å². The van der Waals surface area contributed by atoms with Gasteiger partial charge in [-0.15, -0.1) is 6.58 Å². The van der Waals surface area contributed by atoms with Gasteiger partial charge in [0, 0.05) is 6.42 Å². The molecule has 0 aliphatic carbocycles. The highest BCUT2D eigenvalue weighted by atomic mass is 79.9. The molecule has 0 fully saturated rings. The topological polar surface area (TPSA) is 17.1 Å². The first-order chi connectivity index (χ1) is 8.27. The van der Waals surface area contributed by atoms with Crippen LogP contribution in [-0.2, 0) is 4.79 Å². The molecule has 0 N–H and O–H groups in total. The van der Waals surface area contributed by atoms with E-state index in [0.717, 1.165) is 6.42 Å². The highest BCUT2D eigenvalue weighted by molar-refractivity contribution is 9.18. The van der Waals surface area contributed by atoms with Crippen LogP contribution < -0.4 is 0 Å². The van der Waals surface area contributed by atoms with E-state index in [1.807, 2.05) is 6.08 Å². The minimum absolute atomic E-state index is 0.150. The summed E-state index contributed by atoms with van der Waals surface area (Å²) >= 11 is 2.96. The average molecular weight is 303 g/mol. The molecular formula is C15H27BrO. The third kappa shape index (κ3) is 15.9. The van der Waals surface area contributed by atoms with E-state index in [0.29, 0.717) is 6.42 Å². The number of hydrogen-bond donors (Lipinski definition) is 0. The smallest absolute Gasteiger partial charge is 0.197 e. The maximum absolute atomic E-state index is 10.6. The fourth-order valence-corrected chi connectivity index (χ4v) is 2.25. The molecule has 0 amide bonds.